The monoisotopic (exact) mass is 595 g/mol. The molecule has 10 heteroatoms. The zero-order valence-electron chi connectivity index (χ0n) is 24.0. The first-order valence-corrected chi connectivity index (χ1v) is 16.1. The molecule has 1 aliphatic rings. The molecule has 1 saturated carbocycles. The summed E-state index contributed by atoms with van der Waals surface area (Å²) in [5.74, 6) is -0.923. The molecule has 3 aromatic carbocycles. The predicted octanol–water partition coefficient (Wildman–Crippen LogP) is 4.69. The molecule has 0 aliphatic heterocycles. The fourth-order valence-electron chi connectivity index (χ4n) is 5.22. The third-order valence-corrected chi connectivity index (χ3v) is 8.53. The van der Waals surface area contributed by atoms with Crippen LogP contribution in [0.5, 0.6) is 5.75 Å². The van der Waals surface area contributed by atoms with E-state index in [4.69, 9.17) is 4.74 Å². The molecule has 0 radical (unpaired) electrons. The van der Waals surface area contributed by atoms with Gasteiger partial charge in [-0.15, -0.1) is 0 Å². The van der Waals surface area contributed by atoms with Crippen LogP contribution in [-0.4, -0.2) is 56.6 Å². The number of carbonyl (C=O) groups excluding carboxylic acids is 2. The van der Waals surface area contributed by atoms with Gasteiger partial charge in [0.15, 0.2) is 0 Å². The number of nitrogens with one attached hydrogen (secondary N) is 1. The molecule has 0 aromatic heterocycles. The molecular weight excluding hydrogens is 557 g/mol. The number of hydrogen-bond acceptors (Lipinski definition) is 5. The van der Waals surface area contributed by atoms with Crippen molar-refractivity contribution in [1.82, 2.24) is 10.2 Å². The number of rotatable bonds is 13. The zero-order valence-corrected chi connectivity index (χ0v) is 24.9. The molecule has 42 heavy (non-hydrogen) atoms. The van der Waals surface area contributed by atoms with Gasteiger partial charge in [-0.2, -0.15) is 0 Å². The van der Waals surface area contributed by atoms with Crippen LogP contribution in [0.15, 0.2) is 78.9 Å². The van der Waals surface area contributed by atoms with Gasteiger partial charge in [-0.05, 0) is 55.7 Å². The molecule has 1 atom stereocenters. The van der Waals surface area contributed by atoms with E-state index >= 15 is 0 Å². The summed E-state index contributed by atoms with van der Waals surface area (Å²) < 4.78 is 47.2. The number of sulfonamides is 1. The number of amides is 2. The van der Waals surface area contributed by atoms with Crippen LogP contribution in [0.2, 0.25) is 0 Å². The van der Waals surface area contributed by atoms with Crippen molar-refractivity contribution < 1.29 is 27.1 Å². The first kappa shape index (κ1) is 31.0. The quantitative estimate of drug-likeness (QED) is 0.309. The smallest absolute Gasteiger partial charge is 0.244 e. The van der Waals surface area contributed by atoms with E-state index in [1.54, 1.807) is 42.5 Å². The van der Waals surface area contributed by atoms with E-state index < -0.39 is 34.3 Å². The summed E-state index contributed by atoms with van der Waals surface area (Å²) in [7, 11) is -3.91. The van der Waals surface area contributed by atoms with E-state index in [1.165, 1.54) is 11.0 Å². The molecule has 0 heterocycles. The van der Waals surface area contributed by atoms with Gasteiger partial charge in [0, 0.05) is 24.6 Å². The molecule has 1 N–H and O–H groups in total. The van der Waals surface area contributed by atoms with E-state index in [0.29, 0.717) is 12.4 Å². The van der Waals surface area contributed by atoms with Crippen LogP contribution in [0.4, 0.5) is 10.1 Å². The minimum atomic E-state index is -3.91. The normalized spacial score (nSPS) is 14.3. The average Bonchev–Trinajstić information content (AvgIpc) is 3.48. The Kier molecular flexibility index (Phi) is 10.6. The summed E-state index contributed by atoms with van der Waals surface area (Å²) in [6, 6.07) is 20.8. The third-order valence-electron chi connectivity index (χ3n) is 7.39. The van der Waals surface area contributed by atoms with Gasteiger partial charge in [-0.25, -0.2) is 12.8 Å². The highest BCUT2D eigenvalue weighted by Gasteiger charge is 2.34. The average molecular weight is 596 g/mol. The number of hydrogen-bond donors (Lipinski definition) is 1. The van der Waals surface area contributed by atoms with Crippen LogP contribution >= 0.6 is 0 Å². The molecule has 3 aromatic rings. The van der Waals surface area contributed by atoms with Crippen molar-refractivity contribution in [2.75, 3.05) is 23.7 Å². The van der Waals surface area contributed by atoms with Crippen LogP contribution in [-0.2, 0) is 32.6 Å². The van der Waals surface area contributed by atoms with Gasteiger partial charge in [-0.1, -0.05) is 61.4 Å². The second-order valence-electron chi connectivity index (χ2n) is 10.5. The van der Waals surface area contributed by atoms with Gasteiger partial charge in [0.1, 0.15) is 24.2 Å². The molecule has 0 spiro atoms. The number of benzene rings is 3. The van der Waals surface area contributed by atoms with Crippen molar-refractivity contribution >= 4 is 27.5 Å². The van der Waals surface area contributed by atoms with Gasteiger partial charge in [0.2, 0.25) is 21.8 Å². The molecule has 2 amide bonds. The van der Waals surface area contributed by atoms with Gasteiger partial charge in [-0.3, -0.25) is 13.9 Å². The lowest BCUT2D eigenvalue weighted by Crippen LogP contribution is -2.54. The summed E-state index contributed by atoms with van der Waals surface area (Å²) in [5.41, 5.74) is 1.32. The van der Waals surface area contributed by atoms with Gasteiger partial charge in [0.05, 0.1) is 18.6 Å². The van der Waals surface area contributed by atoms with E-state index in [1.807, 2.05) is 37.3 Å². The SMILES string of the molecule is CCOc1ccc(N(CC(=O)N(Cc2ccccc2F)[C@H](Cc2ccccc2)C(=O)NC2CCCC2)S(C)(=O)=O)cc1. The Morgan fingerprint density at radius 1 is 0.976 bits per heavy atom. The third kappa shape index (κ3) is 8.31. The minimum absolute atomic E-state index is 0.00226. The maximum atomic E-state index is 14.9. The fourth-order valence-corrected chi connectivity index (χ4v) is 6.07. The summed E-state index contributed by atoms with van der Waals surface area (Å²) in [6.45, 7) is 1.52. The number of ether oxygens (including phenoxy) is 1. The Labute approximate surface area is 247 Å². The Morgan fingerprint density at radius 2 is 1.62 bits per heavy atom. The largest absolute Gasteiger partial charge is 0.494 e. The van der Waals surface area contributed by atoms with Crippen LogP contribution < -0.4 is 14.4 Å². The number of anilines is 1. The Hall–Kier alpha value is -3.92. The van der Waals surface area contributed by atoms with Crippen LogP contribution in [0.1, 0.15) is 43.7 Å². The van der Waals surface area contributed by atoms with E-state index in [-0.39, 0.29) is 36.2 Å². The lowest BCUT2D eigenvalue weighted by atomic mass is 10.0. The van der Waals surface area contributed by atoms with Crippen LogP contribution in [0.25, 0.3) is 0 Å². The van der Waals surface area contributed by atoms with Crippen molar-refractivity contribution in [3.8, 4) is 5.75 Å². The summed E-state index contributed by atoms with van der Waals surface area (Å²) >= 11 is 0. The predicted molar refractivity (Wildman–Crippen MR) is 161 cm³/mol. The Balaban J connectivity index is 1.71. The Bertz CT molecular complexity index is 1440. The van der Waals surface area contributed by atoms with E-state index in [2.05, 4.69) is 5.32 Å². The number of carbonyl (C=O) groups is 2. The van der Waals surface area contributed by atoms with Crippen molar-refractivity contribution in [2.45, 2.75) is 57.7 Å². The maximum Gasteiger partial charge on any atom is 0.244 e. The summed E-state index contributed by atoms with van der Waals surface area (Å²) in [5, 5.41) is 3.10. The van der Waals surface area contributed by atoms with Gasteiger partial charge >= 0.3 is 0 Å². The first-order valence-electron chi connectivity index (χ1n) is 14.2. The Morgan fingerprint density at radius 3 is 2.24 bits per heavy atom. The summed E-state index contributed by atoms with van der Waals surface area (Å²) in [6.07, 6.45) is 4.93. The fraction of sp³-hybridized carbons (Fsp3) is 0.375. The van der Waals surface area contributed by atoms with Gasteiger partial charge in [0.25, 0.3) is 0 Å². The van der Waals surface area contributed by atoms with E-state index in [9.17, 15) is 22.4 Å². The maximum absolute atomic E-state index is 14.9. The molecule has 4 rings (SSSR count). The molecular formula is C32H38FN3O5S. The van der Waals surface area contributed by atoms with Crippen molar-refractivity contribution in [3.63, 3.8) is 0 Å². The summed E-state index contributed by atoms with van der Waals surface area (Å²) in [4.78, 5) is 29.3. The lowest BCUT2D eigenvalue weighted by molar-refractivity contribution is -0.140. The molecule has 0 unspecified atom stereocenters. The standard InChI is InChI=1S/C32H38FN3O5S/c1-3-41-28-19-17-27(18-20-28)36(42(2,39)40)23-31(37)35(22-25-13-7-10-16-29(25)33)30(21-24-11-5-4-6-12-24)32(38)34-26-14-8-9-15-26/h4-7,10-13,16-20,26,30H,3,8-9,14-15,21-23H2,1-2H3,(H,34,38)/t30-/m1/s1. The first-order chi connectivity index (χ1) is 20.2. The van der Waals surface area contributed by atoms with E-state index in [0.717, 1.165) is 41.8 Å². The van der Waals surface area contributed by atoms with Crippen LogP contribution in [0.3, 0.4) is 0 Å². The number of nitrogens with zero attached hydrogens (tertiary/aromatic N) is 2. The van der Waals surface area contributed by atoms with Crippen molar-refractivity contribution in [3.05, 3.63) is 95.8 Å². The molecule has 0 bridgehead atoms. The second-order valence-corrected chi connectivity index (χ2v) is 12.4. The lowest BCUT2D eigenvalue weighted by Gasteiger charge is -2.34. The molecule has 224 valence electrons. The molecule has 8 nitrogen and oxygen atoms in total. The zero-order chi connectivity index (χ0) is 30.1. The topological polar surface area (TPSA) is 96.0 Å². The van der Waals surface area contributed by atoms with Crippen molar-refractivity contribution in [1.29, 1.82) is 0 Å². The molecule has 0 saturated heterocycles. The molecule has 1 fully saturated rings. The second kappa shape index (κ2) is 14.3. The minimum Gasteiger partial charge on any atom is -0.494 e. The van der Waals surface area contributed by atoms with Gasteiger partial charge < -0.3 is 15.0 Å². The number of halogens is 1. The highest BCUT2D eigenvalue weighted by Crippen LogP contribution is 2.24. The van der Waals surface area contributed by atoms with Crippen molar-refractivity contribution in [2.24, 2.45) is 0 Å². The highest BCUT2D eigenvalue weighted by atomic mass is 32.2. The van der Waals surface area contributed by atoms with Crippen LogP contribution in [0, 0.1) is 5.82 Å². The highest BCUT2D eigenvalue weighted by molar-refractivity contribution is 7.92. The molecule has 1 aliphatic carbocycles.